The van der Waals surface area contributed by atoms with Crippen molar-refractivity contribution in [3.8, 4) is 0 Å². The van der Waals surface area contributed by atoms with Gasteiger partial charge in [0.25, 0.3) is 0 Å². The first-order valence-electron chi connectivity index (χ1n) is 10.3. The van der Waals surface area contributed by atoms with E-state index in [0.29, 0.717) is 25.1 Å². The lowest BCUT2D eigenvalue weighted by Crippen LogP contribution is -2.46. The molecule has 9 heteroatoms. The van der Waals surface area contributed by atoms with E-state index in [-0.39, 0.29) is 23.1 Å². The van der Waals surface area contributed by atoms with Crippen molar-refractivity contribution in [2.24, 2.45) is 5.92 Å². The number of rotatable bonds is 6. The average molecular weight is 447 g/mol. The largest absolute Gasteiger partial charge is 0.383 e. The summed E-state index contributed by atoms with van der Waals surface area (Å²) in [5, 5.41) is 3.86. The molecule has 3 rings (SSSR count). The fraction of sp³-hybridized carbons (Fsp3) is 0.455. The minimum atomic E-state index is -3.85. The van der Waals surface area contributed by atoms with Gasteiger partial charge in [0.1, 0.15) is 5.69 Å². The fourth-order valence-corrected chi connectivity index (χ4v) is 5.52. The zero-order valence-corrected chi connectivity index (χ0v) is 19.5. The Morgan fingerprint density at radius 1 is 1.26 bits per heavy atom. The van der Waals surface area contributed by atoms with Crippen LogP contribution in [-0.4, -0.2) is 62.9 Å². The quantitative estimate of drug-likeness (QED) is 0.678. The second-order valence-corrected chi connectivity index (χ2v) is 10.1. The molecule has 1 amide bonds. The molecule has 1 aliphatic rings. The molecule has 0 saturated carbocycles. The van der Waals surface area contributed by atoms with Gasteiger partial charge in [-0.3, -0.25) is 4.79 Å². The second kappa shape index (κ2) is 9.23. The summed E-state index contributed by atoms with van der Waals surface area (Å²) in [6, 6.07) is 7.70. The van der Waals surface area contributed by atoms with Crippen LogP contribution in [0.4, 0.5) is 5.69 Å². The van der Waals surface area contributed by atoms with Crippen LogP contribution in [0.25, 0.3) is 6.08 Å². The van der Waals surface area contributed by atoms with Gasteiger partial charge in [-0.05, 0) is 44.4 Å². The average Bonchev–Trinajstić information content (AvgIpc) is 3.12. The Bertz CT molecular complexity index is 1070. The number of hydrogen-bond donors (Lipinski definition) is 0. The van der Waals surface area contributed by atoms with Crippen molar-refractivity contribution in [3.63, 3.8) is 0 Å². The van der Waals surface area contributed by atoms with E-state index in [1.807, 2.05) is 45.3 Å². The molecular weight excluding hydrogens is 416 g/mol. The van der Waals surface area contributed by atoms with Gasteiger partial charge < -0.3 is 14.3 Å². The lowest BCUT2D eigenvalue weighted by Gasteiger charge is -2.33. The summed E-state index contributed by atoms with van der Waals surface area (Å²) < 4.78 is 33.5. The van der Waals surface area contributed by atoms with Crippen LogP contribution in [0, 0.1) is 19.8 Å². The van der Waals surface area contributed by atoms with Gasteiger partial charge in [0.05, 0.1) is 5.92 Å². The first kappa shape index (κ1) is 23.0. The molecule has 0 aliphatic carbocycles. The molecule has 1 fully saturated rings. The number of hydrogen-bond acceptors (Lipinski definition) is 6. The van der Waals surface area contributed by atoms with E-state index in [2.05, 4.69) is 5.16 Å². The highest BCUT2D eigenvalue weighted by Crippen LogP contribution is 2.30. The third-order valence-corrected chi connectivity index (χ3v) is 7.43. The minimum Gasteiger partial charge on any atom is -0.383 e. The summed E-state index contributed by atoms with van der Waals surface area (Å²) in [7, 11) is 1.55. The van der Waals surface area contributed by atoms with E-state index in [0.717, 1.165) is 11.3 Å². The Morgan fingerprint density at radius 2 is 2.00 bits per heavy atom. The van der Waals surface area contributed by atoms with Gasteiger partial charge >= 0.3 is 0 Å². The highest BCUT2D eigenvalue weighted by molar-refractivity contribution is 7.89. The number of carbonyl (C=O) groups excluding carboxylic acids is 1. The van der Waals surface area contributed by atoms with Crippen molar-refractivity contribution in [2.45, 2.75) is 31.6 Å². The maximum atomic E-state index is 13.4. The van der Waals surface area contributed by atoms with Crippen LogP contribution in [0.15, 0.2) is 39.9 Å². The maximum Gasteiger partial charge on any atom is 0.248 e. The van der Waals surface area contributed by atoms with Crippen LogP contribution in [0.1, 0.15) is 29.9 Å². The molecule has 1 unspecified atom stereocenters. The molecule has 2 aromatic rings. The molecule has 0 spiro atoms. The van der Waals surface area contributed by atoms with E-state index >= 15 is 0 Å². The van der Waals surface area contributed by atoms with Gasteiger partial charge in [-0.15, -0.1) is 0 Å². The number of aromatic nitrogens is 1. The molecule has 0 radical (unpaired) electrons. The molecule has 1 saturated heterocycles. The highest BCUT2D eigenvalue weighted by Gasteiger charge is 2.37. The van der Waals surface area contributed by atoms with Crippen molar-refractivity contribution in [3.05, 3.63) is 47.5 Å². The van der Waals surface area contributed by atoms with Gasteiger partial charge in [-0.1, -0.05) is 17.3 Å². The molecule has 1 aromatic carbocycles. The topological polar surface area (TPSA) is 87.0 Å². The predicted molar refractivity (Wildman–Crippen MR) is 120 cm³/mol. The van der Waals surface area contributed by atoms with Crippen LogP contribution in [-0.2, 0) is 14.8 Å². The Labute approximate surface area is 184 Å². The predicted octanol–water partition coefficient (Wildman–Crippen LogP) is 2.89. The molecule has 1 aliphatic heterocycles. The number of sulfonamides is 1. The molecule has 0 bridgehead atoms. The lowest BCUT2D eigenvalue weighted by atomic mass is 9.98. The van der Waals surface area contributed by atoms with Crippen LogP contribution in [0.3, 0.4) is 0 Å². The zero-order valence-electron chi connectivity index (χ0n) is 18.7. The molecule has 2 heterocycles. The summed E-state index contributed by atoms with van der Waals surface area (Å²) in [6.07, 6.45) is 4.56. The van der Waals surface area contributed by atoms with E-state index in [9.17, 15) is 13.2 Å². The van der Waals surface area contributed by atoms with E-state index < -0.39 is 15.9 Å². The lowest BCUT2D eigenvalue weighted by molar-refractivity contribution is -0.123. The Balaban J connectivity index is 1.83. The third-order valence-electron chi connectivity index (χ3n) is 5.41. The molecule has 168 valence electrons. The number of amides is 1. The first-order valence-corrected chi connectivity index (χ1v) is 11.7. The number of aryl methyl sites for hydroxylation is 2. The highest BCUT2D eigenvalue weighted by atomic mass is 32.2. The molecule has 8 nitrogen and oxygen atoms in total. The summed E-state index contributed by atoms with van der Waals surface area (Å²) in [5.74, 6) is -0.299. The van der Waals surface area contributed by atoms with Crippen molar-refractivity contribution in [1.82, 2.24) is 14.4 Å². The van der Waals surface area contributed by atoms with Crippen LogP contribution in [0.2, 0.25) is 0 Å². The first-order chi connectivity index (χ1) is 14.6. The molecular formula is C22H30N4O4S. The molecule has 0 N–H and O–H groups in total. The Morgan fingerprint density at radius 3 is 2.68 bits per heavy atom. The van der Waals surface area contributed by atoms with Crippen molar-refractivity contribution >= 4 is 27.7 Å². The number of nitrogens with zero attached hydrogens (tertiary/aromatic N) is 4. The summed E-state index contributed by atoms with van der Waals surface area (Å²) in [5.41, 5.74) is 2.17. The summed E-state index contributed by atoms with van der Waals surface area (Å²) in [6.45, 7) is 4.09. The van der Waals surface area contributed by atoms with Gasteiger partial charge in [-0.2, -0.15) is 4.31 Å². The molecule has 1 aromatic heterocycles. The molecule has 31 heavy (non-hydrogen) atoms. The monoisotopic (exact) mass is 446 g/mol. The smallest absolute Gasteiger partial charge is 0.248 e. The van der Waals surface area contributed by atoms with Crippen molar-refractivity contribution < 1.29 is 17.7 Å². The second-order valence-electron chi connectivity index (χ2n) is 8.18. The Hall–Kier alpha value is -2.65. The zero-order chi connectivity index (χ0) is 22.8. The van der Waals surface area contributed by atoms with Crippen molar-refractivity contribution in [1.29, 1.82) is 0 Å². The van der Waals surface area contributed by atoms with Gasteiger partial charge in [0.2, 0.25) is 15.9 Å². The Kier molecular flexibility index (Phi) is 6.86. The van der Waals surface area contributed by atoms with Gasteiger partial charge in [0, 0.05) is 52.2 Å². The van der Waals surface area contributed by atoms with Crippen LogP contribution >= 0.6 is 0 Å². The third kappa shape index (κ3) is 4.99. The van der Waals surface area contributed by atoms with E-state index in [4.69, 9.17) is 4.52 Å². The number of carbonyl (C=O) groups is 1. The van der Waals surface area contributed by atoms with Crippen LogP contribution in [0.5, 0.6) is 0 Å². The SMILES string of the molecule is Cc1cccc(N(C)C(=O)C2CCCN(S(=O)(=O)c3c(C)noc3/C=C/N(C)C)C2)c1. The van der Waals surface area contributed by atoms with E-state index in [1.165, 1.54) is 4.31 Å². The van der Waals surface area contributed by atoms with Gasteiger partial charge in [-0.25, -0.2) is 8.42 Å². The summed E-state index contributed by atoms with van der Waals surface area (Å²) >= 11 is 0. The maximum absolute atomic E-state index is 13.4. The number of anilines is 1. The minimum absolute atomic E-state index is 0.0609. The van der Waals surface area contributed by atoms with Crippen LogP contribution < -0.4 is 4.90 Å². The number of benzene rings is 1. The summed E-state index contributed by atoms with van der Waals surface area (Å²) in [4.78, 5) is 16.6. The fourth-order valence-electron chi connectivity index (χ4n) is 3.74. The van der Waals surface area contributed by atoms with Gasteiger partial charge in [0.15, 0.2) is 10.7 Å². The standard InChI is InChI=1S/C22H30N4O4S/c1-16-8-6-10-19(14-16)25(5)22(27)18-9-7-12-26(15-18)31(28,29)21-17(2)23-30-20(21)11-13-24(3)4/h6,8,10-11,13-14,18H,7,9,12,15H2,1-5H3/b13-11+. The van der Waals surface area contributed by atoms with Crippen molar-refractivity contribution in [2.75, 3.05) is 39.1 Å². The normalized spacial score (nSPS) is 17.8. The van der Waals surface area contributed by atoms with E-state index in [1.54, 1.807) is 36.0 Å². The molecule has 1 atom stereocenters. The number of piperidine rings is 1.